The Balaban J connectivity index is 5.26. The van der Waals surface area contributed by atoms with E-state index in [2.05, 4.69) is 48.5 Å². The lowest BCUT2D eigenvalue weighted by molar-refractivity contribution is -0.161. The zero-order valence-electron chi connectivity index (χ0n) is 55.1. The molecule has 0 aliphatic carbocycles. The van der Waals surface area contributed by atoms with Crippen LogP contribution in [0, 0.1) is 17.8 Å². The van der Waals surface area contributed by atoms with Crippen LogP contribution in [0.1, 0.15) is 325 Å². The van der Waals surface area contributed by atoms with Gasteiger partial charge in [0.2, 0.25) is 0 Å². The monoisotopic (exact) mass is 1250 g/mol. The minimum absolute atomic E-state index is 0.102. The van der Waals surface area contributed by atoms with Crippen molar-refractivity contribution in [1.29, 1.82) is 0 Å². The molecule has 0 saturated carbocycles. The zero-order valence-corrected chi connectivity index (χ0v) is 56.9. The number of phosphoric acid groups is 2. The van der Waals surface area contributed by atoms with Gasteiger partial charge in [0.05, 0.1) is 26.4 Å². The minimum Gasteiger partial charge on any atom is -0.462 e. The second kappa shape index (κ2) is 57.2. The molecule has 0 rings (SSSR count). The van der Waals surface area contributed by atoms with Gasteiger partial charge in [-0.15, -0.1) is 0 Å². The molecule has 3 N–H and O–H groups in total. The van der Waals surface area contributed by atoms with Gasteiger partial charge in [-0.05, 0) is 43.4 Å². The first-order chi connectivity index (χ1) is 40.8. The van der Waals surface area contributed by atoms with E-state index in [0.29, 0.717) is 25.7 Å². The summed E-state index contributed by atoms with van der Waals surface area (Å²) in [5.41, 5.74) is 0. The molecule has 0 saturated heterocycles. The molecule has 17 nitrogen and oxygen atoms in total. The first kappa shape index (κ1) is 83.1. The molecule has 0 aromatic heterocycles. The Labute approximate surface area is 517 Å². The molecular formula is C66H128O17P2. The minimum atomic E-state index is -4.95. The number of phosphoric ester groups is 2. The summed E-state index contributed by atoms with van der Waals surface area (Å²) in [7, 11) is -9.89. The predicted molar refractivity (Wildman–Crippen MR) is 340 cm³/mol. The molecule has 0 amide bonds. The number of esters is 4. The van der Waals surface area contributed by atoms with E-state index in [1.807, 2.05) is 0 Å². The molecule has 0 aliphatic heterocycles. The lowest BCUT2D eigenvalue weighted by Gasteiger charge is -2.21. The van der Waals surface area contributed by atoms with Gasteiger partial charge in [0.25, 0.3) is 0 Å². The van der Waals surface area contributed by atoms with Crippen LogP contribution in [0.4, 0.5) is 0 Å². The summed E-state index contributed by atoms with van der Waals surface area (Å²) in [5.74, 6) is 0.119. The number of hydrogen-bond acceptors (Lipinski definition) is 15. The van der Waals surface area contributed by atoms with Crippen LogP contribution in [-0.4, -0.2) is 96.7 Å². The molecule has 0 aliphatic rings. The van der Waals surface area contributed by atoms with E-state index < -0.39 is 97.5 Å². The maximum atomic E-state index is 13.0. The summed E-state index contributed by atoms with van der Waals surface area (Å²) in [4.78, 5) is 72.3. The van der Waals surface area contributed by atoms with Gasteiger partial charge < -0.3 is 33.8 Å². The highest BCUT2D eigenvalue weighted by Gasteiger charge is 2.30. The molecule has 85 heavy (non-hydrogen) atoms. The van der Waals surface area contributed by atoms with Crippen LogP contribution >= 0.6 is 15.6 Å². The van der Waals surface area contributed by atoms with Gasteiger partial charge in [-0.3, -0.25) is 37.3 Å². The third-order valence-electron chi connectivity index (χ3n) is 16.2. The van der Waals surface area contributed by atoms with Crippen LogP contribution in [-0.2, 0) is 65.4 Å². The molecule has 0 radical (unpaired) electrons. The van der Waals surface area contributed by atoms with Crippen molar-refractivity contribution in [3.63, 3.8) is 0 Å². The molecule has 5 unspecified atom stereocenters. The third-order valence-corrected chi connectivity index (χ3v) is 18.1. The first-order valence-corrected chi connectivity index (χ1v) is 37.5. The van der Waals surface area contributed by atoms with Gasteiger partial charge in [-0.1, -0.05) is 273 Å². The lowest BCUT2D eigenvalue weighted by atomic mass is 9.99. The van der Waals surface area contributed by atoms with E-state index in [9.17, 15) is 43.2 Å². The van der Waals surface area contributed by atoms with E-state index in [-0.39, 0.29) is 25.7 Å². The summed E-state index contributed by atoms with van der Waals surface area (Å²) in [6.45, 7) is 11.7. The quantitative estimate of drug-likeness (QED) is 0.0222. The summed E-state index contributed by atoms with van der Waals surface area (Å²) < 4.78 is 68.1. The SMILES string of the molecule is CCCCCCCCCCCCCC(=O)OC[C@H](COP(=O)(O)OC[C@@H](O)COP(=O)(O)OC[C@@H](COC(=O)CCCCCCCCC(C)CC)OC(=O)CCCCCCCCC(C)CC)OC(=O)CCCCCCCCCCCCC(C)CC. The standard InChI is InChI=1S/C66H128O17P2/c1-8-12-13-14-15-16-17-21-24-33-40-47-63(68)76-53-61(82-65(70)49-42-35-25-22-19-18-20-23-30-37-44-57(5)9-2)55-80-84(72,73)78-51-60(67)52-79-85(74,75)81-56-62(83-66(71)50-43-36-29-27-32-39-46-59(7)11-4)54-77-64(69)48-41-34-28-26-31-38-45-58(6)10-3/h57-62,67H,8-56H2,1-7H3,(H,72,73)(H,74,75)/t57?,58?,59?,60-,61-,62-/m1/s1. The van der Waals surface area contributed by atoms with Crippen molar-refractivity contribution in [2.24, 2.45) is 17.8 Å². The van der Waals surface area contributed by atoms with Gasteiger partial charge in [0.15, 0.2) is 12.2 Å². The molecule has 504 valence electrons. The Morgan fingerprint density at radius 1 is 0.329 bits per heavy atom. The smallest absolute Gasteiger partial charge is 0.462 e. The largest absolute Gasteiger partial charge is 0.472 e. The van der Waals surface area contributed by atoms with Crippen molar-refractivity contribution in [1.82, 2.24) is 0 Å². The van der Waals surface area contributed by atoms with E-state index in [1.54, 1.807) is 0 Å². The van der Waals surface area contributed by atoms with Crippen LogP contribution in [0.3, 0.4) is 0 Å². The second-order valence-corrected chi connectivity index (χ2v) is 27.5. The first-order valence-electron chi connectivity index (χ1n) is 34.5. The Morgan fingerprint density at radius 3 is 0.835 bits per heavy atom. The van der Waals surface area contributed by atoms with Gasteiger partial charge >= 0.3 is 39.5 Å². The van der Waals surface area contributed by atoms with Crippen LogP contribution in [0.15, 0.2) is 0 Å². The topological polar surface area (TPSA) is 237 Å². The highest BCUT2D eigenvalue weighted by Crippen LogP contribution is 2.45. The molecule has 0 aromatic rings. The Kier molecular flexibility index (Phi) is 55.9. The fourth-order valence-corrected chi connectivity index (χ4v) is 11.3. The van der Waals surface area contributed by atoms with Crippen molar-refractivity contribution in [2.45, 2.75) is 343 Å². The normalized spacial score (nSPS) is 15.3. The van der Waals surface area contributed by atoms with E-state index in [4.69, 9.17) is 37.0 Å². The maximum Gasteiger partial charge on any atom is 0.472 e. The predicted octanol–water partition coefficient (Wildman–Crippen LogP) is 18.3. The average Bonchev–Trinajstić information content (AvgIpc) is 3.52. The van der Waals surface area contributed by atoms with Crippen molar-refractivity contribution >= 4 is 39.5 Å². The number of carbonyl (C=O) groups excluding carboxylic acids is 4. The molecule has 0 spiro atoms. The number of unbranched alkanes of at least 4 members (excludes halogenated alkanes) is 29. The van der Waals surface area contributed by atoms with E-state index in [0.717, 1.165) is 114 Å². The average molecular weight is 1260 g/mol. The lowest BCUT2D eigenvalue weighted by Crippen LogP contribution is -2.30. The van der Waals surface area contributed by atoms with Crippen molar-refractivity contribution in [3.05, 3.63) is 0 Å². The zero-order chi connectivity index (χ0) is 63.1. The molecule has 19 heteroatoms. The molecule has 8 atom stereocenters. The molecule has 0 fully saturated rings. The third kappa shape index (κ3) is 57.0. The number of aliphatic hydroxyl groups excluding tert-OH is 1. The summed E-state index contributed by atoms with van der Waals surface area (Å²) in [6, 6.07) is 0. The van der Waals surface area contributed by atoms with E-state index in [1.165, 1.54) is 128 Å². The molecular weight excluding hydrogens is 1130 g/mol. The highest BCUT2D eigenvalue weighted by atomic mass is 31.2. The van der Waals surface area contributed by atoms with Crippen molar-refractivity contribution in [3.8, 4) is 0 Å². The summed E-state index contributed by atoms with van der Waals surface area (Å²) in [5, 5.41) is 10.6. The fraction of sp³-hybridized carbons (Fsp3) is 0.939. The molecule has 0 heterocycles. The van der Waals surface area contributed by atoms with Gasteiger partial charge in [-0.25, -0.2) is 9.13 Å². The van der Waals surface area contributed by atoms with Crippen LogP contribution in [0.5, 0.6) is 0 Å². The second-order valence-electron chi connectivity index (χ2n) is 24.6. The Morgan fingerprint density at radius 2 is 0.565 bits per heavy atom. The number of ether oxygens (including phenoxy) is 4. The maximum absolute atomic E-state index is 13.0. The number of aliphatic hydroxyl groups is 1. The van der Waals surface area contributed by atoms with Gasteiger partial charge in [-0.2, -0.15) is 0 Å². The number of carbonyl (C=O) groups is 4. The molecule has 0 aromatic carbocycles. The van der Waals surface area contributed by atoms with Crippen molar-refractivity contribution in [2.75, 3.05) is 39.6 Å². The van der Waals surface area contributed by atoms with Crippen LogP contribution in [0.2, 0.25) is 0 Å². The van der Waals surface area contributed by atoms with Gasteiger partial charge in [0.1, 0.15) is 19.3 Å². The van der Waals surface area contributed by atoms with E-state index >= 15 is 0 Å². The summed E-state index contributed by atoms with van der Waals surface area (Å²) in [6.07, 6.45) is 38.9. The molecule has 0 bridgehead atoms. The van der Waals surface area contributed by atoms with Gasteiger partial charge in [0, 0.05) is 25.7 Å². The Hall–Kier alpha value is -1.94. The fourth-order valence-electron chi connectivity index (χ4n) is 9.74. The van der Waals surface area contributed by atoms with Crippen LogP contribution in [0.25, 0.3) is 0 Å². The van der Waals surface area contributed by atoms with Crippen LogP contribution < -0.4 is 0 Å². The summed E-state index contributed by atoms with van der Waals surface area (Å²) >= 11 is 0. The van der Waals surface area contributed by atoms with Crippen molar-refractivity contribution < 1.29 is 80.2 Å². The Bertz CT molecular complexity index is 1690. The highest BCUT2D eigenvalue weighted by molar-refractivity contribution is 7.47. The number of rotatable bonds is 64. The number of hydrogen-bond donors (Lipinski definition) is 3.